The van der Waals surface area contributed by atoms with Crippen molar-refractivity contribution in [2.75, 3.05) is 6.54 Å². The van der Waals surface area contributed by atoms with Gasteiger partial charge in [-0.1, -0.05) is 35.5 Å². The van der Waals surface area contributed by atoms with Crippen molar-refractivity contribution in [1.29, 1.82) is 0 Å². The van der Waals surface area contributed by atoms with Crippen LogP contribution < -0.4 is 11.3 Å². The Balaban J connectivity index is 1.91. The second-order valence-electron chi connectivity index (χ2n) is 4.20. The molecule has 0 radical (unpaired) electrons. The number of hydrogen-bond acceptors (Lipinski definition) is 4. The van der Waals surface area contributed by atoms with Crippen molar-refractivity contribution < 1.29 is 0 Å². The van der Waals surface area contributed by atoms with Gasteiger partial charge in [0.25, 0.3) is 5.56 Å². The van der Waals surface area contributed by atoms with Gasteiger partial charge in [-0.15, -0.1) is 11.3 Å². The summed E-state index contributed by atoms with van der Waals surface area (Å²) >= 11 is 3.10. The molecule has 5 heteroatoms. The minimum absolute atomic E-state index is 0.0774. The zero-order valence-corrected chi connectivity index (χ0v) is 12.3. The first-order valence-electron chi connectivity index (χ1n) is 6.14. The lowest BCUT2D eigenvalue weighted by atomic mass is 10.3. The third kappa shape index (κ3) is 2.54. The number of nitrogens with zero attached hydrogens (tertiary/aromatic N) is 1. The fourth-order valence-electron chi connectivity index (χ4n) is 1.93. The molecule has 0 aliphatic rings. The summed E-state index contributed by atoms with van der Waals surface area (Å²) in [5, 5.41) is 0.789. The predicted octanol–water partition coefficient (Wildman–Crippen LogP) is 2.48. The quantitative estimate of drug-likeness (QED) is 0.739. The van der Waals surface area contributed by atoms with Crippen LogP contribution in [0, 0.1) is 11.8 Å². The Bertz CT molecular complexity index is 861. The molecule has 3 aromatic rings. The Morgan fingerprint density at radius 2 is 2.05 bits per heavy atom. The van der Waals surface area contributed by atoms with Crippen molar-refractivity contribution in [3.63, 3.8) is 0 Å². The largest absolute Gasteiger partial charge is 0.320 e. The summed E-state index contributed by atoms with van der Waals surface area (Å²) < 4.78 is 2.81. The highest BCUT2D eigenvalue weighted by atomic mass is 32.1. The summed E-state index contributed by atoms with van der Waals surface area (Å²) in [5.74, 6) is 5.85. The first-order valence-corrected chi connectivity index (χ1v) is 7.73. The van der Waals surface area contributed by atoms with E-state index < -0.39 is 0 Å². The van der Waals surface area contributed by atoms with Crippen LogP contribution in [0.5, 0.6) is 0 Å². The van der Waals surface area contributed by atoms with E-state index in [4.69, 9.17) is 5.73 Å². The van der Waals surface area contributed by atoms with Gasteiger partial charge in [0, 0.05) is 4.88 Å². The Hall–Kier alpha value is -1.87. The summed E-state index contributed by atoms with van der Waals surface area (Å²) in [6, 6.07) is 11.7. The maximum Gasteiger partial charge on any atom is 0.268 e. The van der Waals surface area contributed by atoms with E-state index in [0.29, 0.717) is 13.1 Å². The van der Waals surface area contributed by atoms with E-state index in [1.54, 1.807) is 15.3 Å². The molecule has 0 saturated heterocycles. The molecule has 0 unspecified atom stereocenters. The SMILES string of the molecule is NCC#Cc1ccc(Cn2sc3ccccc3c2=O)s1. The van der Waals surface area contributed by atoms with E-state index in [1.807, 2.05) is 36.4 Å². The highest BCUT2D eigenvalue weighted by Crippen LogP contribution is 2.20. The lowest BCUT2D eigenvalue weighted by molar-refractivity contribution is 0.870. The Labute approximate surface area is 124 Å². The van der Waals surface area contributed by atoms with Gasteiger partial charge in [0.15, 0.2) is 0 Å². The summed E-state index contributed by atoms with van der Waals surface area (Å²) in [7, 11) is 0. The number of nitrogens with two attached hydrogens (primary N) is 1. The molecule has 2 aromatic heterocycles. The van der Waals surface area contributed by atoms with E-state index in [0.717, 1.165) is 19.8 Å². The van der Waals surface area contributed by atoms with Crippen LogP contribution in [0.4, 0.5) is 0 Å². The predicted molar refractivity (Wildman–Crippen MR) is 85.4 cm³/mol. The molecule has 0 fully saturated rings. The Morgan fingerprint density at radius 1 is 1.20 bits per heavy atom. The summed E-state index contributed by atoms with van der Waals surface area (Å²) in [6.45, 7) is 0.968. The second kappa shape index (κ2) is 5.63. The molecule has 0 aliphatic carbocycles. The molecule has 0 aliphatic heterocycles. The molecule has 100 valence electrons. The number of aromatic nitrogens is 1. The molecule has 2 N–H and O–H groups in total. The third-order valence-corrected chi connectivity index (χ3v) is 4.88. The molecule has 0 amide bonds. The molecular formula is C15H12N2OS2. The minimum atomic E-state index is 0.0774. The fourth-order valence-corrected chi connectivity index (χ4v) is 3.90. The Morgan fingerprint density at radius 3 is 2.85 bits per heavy atom. The van der Waals surface area contributed by atoms with Crippen molar-refractivity contribution in [3.8, 4) is 11.8 Å². The normalized spacial score (nSPS) is 10.4. The minimum Gasteiger partial charge on any atom is -0.320 e. The molecular weight excluding hydrogens is 288 g/mol. The highest BCUT2D eigenvalue weighted by molar-refractivity contribution is 7.14. The zero-order valence-electron chi connectivity index (χ0n) is 10.6. The molecule has 1 aromatic carbocycles. The van der Waals surface area contributed by atoms with E-state index in [9.17, 15) is 4.79 Å². The van der Waals surface area contributed by atoms with Crippen LogP contribution in [0.1, 0.15) is 9.75 Å². The van der Waals surface area contributed by atoms with Gasteiger partial charge in [-0.2, -0.15) is 0 Å². The van der Waals surface area contributed by atoms with Gasteiger partial charge < -0.3 is 5.73 Å². The lowest BCUT2D eigenvalue weighted by Crippen LogP contribution is -2.12. The van der Waals surface area contributed by atoms with Gasteiger partial charge >= 0.3 is 0 Å². The van der Waals surface area contributed by atoms with E-state index >= 15 is 0 Å². The standard InChI is InChI=1S/C15H12N2OS2/c16-9-3-4-11-7-8-12(19-11)10-17-15(18)13-5-1-2-6-14(13)20-17/h1-2,5-8H,9-10,16H2. The molecule has 2 heterocycles. The van der Waals surface area contributed by atoms with Gasteiger partial charge in [0.1, 0.15) is 0 Å². The lowest BCUT2D eigenvalue weighted by Gasteiger charge is -1.95. The average Bonchev–Trinajstić information content (AvgIpc) is 3.03. The number of thiophene rings is 1. The number of hydrogen-bond donors (Lipinski definition) is 1. The van der Waals surface area contributed by atoms with Crippen molar-refractivity contribution in [1.82, 2.24) is 3.96 Å². The topological polar surface area (TPSA) is 48.0 Å². The third-order valence-electron chi connectivity index (χ3n) is 2.83. The summed E-state index contributed by atoms with van der Waals surface area (Å²) in [6.07, 6.45) is 0. The summed E-state index contributed by atoms with van der Waals surface area (Å²) in [5.41, 5.74) is 5.43. The van der Waals surface area contributed by atoms with Gasteiger partial charge in [0.2, 0.25) is 0 Å². The fraction of sp³-hybridized carbons (Fsp3) is 0.133. The van der Waals surface area contributed by atoms with Gasteiger partial charge in [-0.3, -0.25) is 8.75 Å². The van der Waals surface area contributed by atoms with Crippen LogP contribution in [0.15, 0.2) is 41.2 Å². The molecule has 0 saturated carbocycles. The van der Waals surface area contributed by atoms with Crippen molar-refractivity contribution in [2.45, 2.75) is 6.54 Å². The van der Waals surface area contributed by atoms with E-state index in [2.05, 4.69) is 11.8 Å². The highest BCUT2D eigenvalue weighted by Gasteiger charge is 2.08. The maximum atomic E-state index is 12.2. The first kappa shape index (κ1) is 13.1. The molecule has 0 spiro atoms. The van der Waals surface area contributed by atoms with Gasteiger partial charge in [0.05, 0.1) is 28.1 Å². The molecule has 20 heavy (non-hydrogen) atoms. The van der Waals surface area contributed by atoms with Crippen LogP contribution in [0.3, 0.4) is 0 Å². The van der Waals surface area contributed by atoms with Crippen molar-refractivity contribution >= 4 is 33.0 Å². The number of benzene rings is 1. The summed E-state index contributed by atoms with van der Waals surface area (Å²) in [4.78, 5) is 14.4. The zero-order chi connectivity index (χ0) is 13.9. The smallest absolute Gasteiger partial charge is 0.268 e. The van der Waals surface area contributed by atoms with E-state index in [1.165, 1.54) is 11.5 Å². The van der Waals surface area contributed by atoms with Gasteiger partial charge in [-0.05, 0) is 24.3 Å². The van der Waals surface area contributed by atoms with E-state index in [-0.39, 0.29) is 5.56 Å². The second-order valence-corrected chi connectivity index (χ2v) is 6.43. The number of fused-ring (bicyclic) bond motifs is 1. The van der Waals surface area contributed by atoms with Crippen LogP contribution in [-0.2, 0) is 6.54 Å². The van der Waals surface area contributed by atoms with Crippen LogP contribution >= 0.6 is 22.9 Å². The molecule has 3 rings (SSSR count). The van der Waals surface area contributed by atoms with Crippen LogP contribution in [0.25, 0.3) is 10.1 Å². The number of rotatable bonds is 2. The molecule has 0 bridgehead atoms. The molecule has 3 nitrogen and oxygen atoms in total. The molecule has 0 atom stereocenters. The van der Waals surface area contributed by atoms with Crippen molar-refractivity contribution in [2.24, 2.45) is 5.73 Å². The Kier molecular flexibility index (Phi) is 3.70. The van der Waals surface area contributed by atoms with Crippen LogP contribution in [0.2, 0.25) is 0 Å². The van der Waals surface area contributed by atoms with Gasteiger partial charge in [-0.25, -0.2) is 0 Å². The first-order chi connectivity index (χ1) is 9.78. The monoisotopic (exact) mass is 300 g/mol. The maximum absolute atomic E-state index is 12.2. The van der Waals surface area contributed by atoms with Crippen molar-refractivity contribution in [3.05, 3.63) is 56.5 Å². The van der Waals surface area contributed by atoms with Crippen LogP contribution in [-0.4, -0.2) is 10.5 Å². The average molecular weight is 300 g/mol.